The summed E-state index contributed by atoms with van der Waals surface area (Å²) < 4.78 is 38.3. The Kier molecular flexibility index (Phi) is 3.73. The summed E-state index contributed by atoms with van der Waals surface area (Å²) in [5.74, 6) is 0. The molecule has 0 atom stereocenters. The second-order valence-electron chi connectivity index (χ2n) is 3.09. The molecule has 0 aliphatic rings. The molecule has 0 bridgehead atoms. The Balaban J connectivity index is 4.74. The van der Waals surface area contributed by atoms with E-state index in [1.54, 1.807) is 0 Å². The molecule has 13 heavy (non-hydrogen) atoms. The zero-order valence-corrected chi connectivity index (χ0v) is 8.94. The molecule has 0 radical (unpaired) electrons. The molecule has 0 fully saturated rings. The molecule has 0 N–H and O–H groups in total. The summed E-state index contributed by atoms with van der Waals surface area (Å²) in [5, 5.41) is -1.51. The van der Waals surface area contributed by atoms with E-state index >= 15 is 0 Å². The molecule has 0 amide bonds. The maximum atomic E-state index is 10.8. The molecular weight excluding hydrogens is 218 g/mol. The number of sulfonamides is 1. The second kappa shape index (κ2) is 3.97. The van der Waals surface area contributed by atoms with Crippen LogP contribution in [0.1, 0.15) is 20.8 Å². The van der Waals surface area contributed by atoms with Gasteiger partial charge in [-0.15, -0.1) is 0 Å². The fourth-order valence-corrected chi connectivity index (χ4v) is 1.29. The van der Waals surface area contributed by atoms with Crippen molar-refractivity contribution in [3.63, 3.8) is 0 Å². The fourth-order valence-electron chi connectivity index (χ4n) is 0.373. The van der Waals surface area contributed by atoms with Crippen LogP contribution in [0.4, 0.5) is 4.79 Å². The minimum atomic E-state index is -4.43. The van der Waals surface area contributed by atoms with E-state index in [-0.39, 0.29) is 0 Å². The number of hydrogen-bond donors (Lipinski definition) is 0. The smallest absolute Gasteiger partial charge is 0.447 e. The first-order valence-corrected chi connectivity index (χ1v) is 5.32. The van der Waals surface area contributed by atoms with Gasteiger partial charge in [0.25, 0.3) is 0 Å². The predicted molar refractivity (Wildman–Crippen MR) is 45.7 cm³/mol. The SMILES string of the molecule is CC(C)(C)OC(=O)S(=O)(=O)N=S=O. The molecule has 0 heterocycles. The Bertz CT molecular complexity index is 346. The van der Waals surface area contributed by atoms with E-state index in [9.17, 15) is 17.4 Å². The van der Waals surface area contributed by atoms with Gasteiger partial charge < -0.3 is 4.74 Å². The van der Waals surface area contributed by atoms with Crippen molar-refractivity contribution in [2.24, 2.45) is 3.77 Å². The summed E-state index contributed by atoms with van der Waals surface area (Å²) in [7, 11) is -4.43. The largest absolute Gasteiger partial charge is 0.448 e. The summed E-state index contributed by atoms with van der Waals surface area (Å²) in [6.45, 7) is 4.51. The van der Waals surface area contributed by atoms with Gasteiger partial charge in [-0.05, 0) is 20.8 Å². The molecule has 0 saturated heterocycles. The van der Waals surface area contributed by atoms with Crippen LogP contribution < -0.4 is 0 Å². The molecule has 0 rings (SSSR count). The minimum absolute atomic E-state index is 0.551. The number of ether oxygens (including phenoxy) is 1. The lowest BCUT2D eigenvalue weighted by atomic mass is 10.2. The van der Waals surface area contributed by atoms with Crippen LogP contribution in [0, 0.1) is 0 Å². The van der Waals surface area contributed by atoms with Gasteiger partial charge in [0, 0.05) is 0 Å². The highest BCUT2D eigenvalue weighted by Crippen LogP contribution is 2.11. The van der Waals surface area contributed by atoms with Crippen molar-refractivity contribution in [2.75, 3.05) is 0 Å². The van der Waals surface area contributed by atoms with Crippen LogP contribution in [0.2, 0.25) is 0 Å². The highest BCUT2D eigenvalue weighted by atomic mass is 32.2. The summed E-state index contributed by atoms with van der Waals surface area (Å²) >= 11 is -0.551. The molecular formula is C5H9NO5S2. The van der Waals surface area contributed by atoms with Gasteiger partial charge in [-0.3, -0.25) is 0 Å². The third-order valence-electron chi connectivity index (χ3n) is 0.729. The molecule has 0 aromatic heterocycles. The lowest BCUT2D eigenvalue weighted by Gasteiger charge is -2.17. The van der Waals surface area contributed by atoms with Crippen molar-refractivity contribution in [3.8, 4) is 0 Å². The molecule has 76 valence electrons. The number of carbonyl (C=O) groups is 1. The van der Waals surface area contributed by atoms with E-state index in [0.717, 1.165) is 0 Å². The monoisotopic (exact) mass is 227 g/mol. The molecule has 0 saturated carbocycles. The number of carbonyl (C=O) groups excluding carboxylic acids is 1. The summed E-state index contributed by atoms with van der Waals surface area (Å²) in [5.41, 5.74) is -0.923. The summed E-state index contributed by atoms with van der Waals surface area (Å²) in [6, 6.07) is 0. The maximum absolute atomic E-state index is 10.8. The van der Waals surface area contributed by atoms with Gasteiger partial charge in [0.15, 0.2) is 0 Å². The Hall–Kier alpha value is -0.760. The average molecular weight is 227 g/mol. The van der Waals surface area contributed by atoms with E-state index in [2.05, 4.69) is 8.50 Å². The van der Waals surface area contributed by atoms with Gasteiger partial charge in [-0.1, -0.05) is 3.77 Å². The molecule has 0 aliphatic heterocycles. The van der Waals surface area contributed by atoms with Crippen LogP contribution in [0.15, 0.2) is 3.77 Å². The van der Waals surface area contributed by atoms with Gasteiger partial charge in [0.1, 0.15) is 5.60 Å². The van der Waals surface area contributed by atoms with E-state index in [1.165, 1.54) is 20.8 Å². The normalized spacial score (nSPS) is 11.9. The van der Waals surface area contributed by atoms with Crippen LogP contribution in [-0.4, -0.2) is 23.5 Å². The zero-order valence-electron chi connectivity index (χ0n) is 7.30. The van der Waals surface area contributed by atoms with Crippen molar-refractivity contribution < 1.29 is 22.2 Å². The van der Waals surface area contributed by atoms with Gasteiger partial charge >= 0.3 is 15.3 Å². The van der Waals surface area contributed by atoms with Crippen LogP contribution in [-0.2, 0) is 26.2 Å². The number of rotatable bonds is 1. The maximum Gasteiger partial charge on any atom is 0.448 e. The van der Waals surface area contributed by atoms with Crippen molar-refractivity contribution in [3.05, 3.63) is 0 Å². The summed E-state index contributed by atoms with van der Waals surface area (Å²) in [6.07, 6.45) is 0. The molecule has 0 aliphatic carbocycles. The van der Waals surface area contributed by atoms with Crippen molar-refractivity contribution >= 4 is 26.8 Å². The van der Waals surface area contributed by atoms with E-state index in [0.29, 0.717) is 0 Å². The third-order valence-corrected chi connectivity index (χ3v) is 2.26. The van der Waals surface area contributed by atoms with E-state index in [4.69, 9.17) is 0 Å². The lowest BCUT2D eigenvalue weighted by Crippen LogP contribution is -2.26. The quantitative estimate of drug-likeness (QED) is 0.613. The second-order valence-corrected chi connectivity index (χ2v) is 5.12. The van der Waals surface area contributed by atoms with Crippen molar-refractivity contribution in [1.29, 1.82) is 0 Å². The zero-order chi connectivity index (χ0) is 10.7. The highest BCUT2D eigenvalue weighted by Gasteiger charge is 2.28. The van der Waals surface area contributed by atoms with Gasteiger partial charge in [0.05, 0.1) is 0 Å². The first kappa shape index (κ1) is 12.2. The van der Waals surface area contributed by atoms with Gasteiger partial charge in [-0.25, -0.2) is 4.79 Å². The van der Waals surface area contributed by atoms with E-state index < -0.39 is 32.4 Å². The highest BCUT2D eigenvalue weighted by molar-refractivity contribution is 8.06. The van der Waals surface area contributed by atoms with Gasteiger partial charge in [0.2, 0.25) is 11.5 Å². The molecule has 0 unspecified atom stereocenters. The Morgan fingerprint density at radius 3 is 2.15 bits per heavy atom. The molecule has 0 spiro atoms. The van der Waals surface area contributed by atoms with Crippen molar-refractivity contribution in [1.82, 2.24) is 0 Å². The molecule has 6 nitrogen and oxygen atoms in total. The standard InChI is InChI=1S/C5H9NO5S2/c1-5(2,3)11-4(7)13(9,10)6-12-8/h1-3H3. The third kappa shape index (κ3) is 4.73. The minimum Gasteiger partial charge on any atom is -0.447 e. The lowest BCUT2D eigenvalue weighted by molar-refractivity contribution is 0.0719. The molecule has 0 aromatic carbocycles. The van der Waals surface area contributed by atoms with E-state index in [1.807, 2.05) is 0 Å². The average Bonchev–Trinajstić information content (AvgIpc) is 1.82. The van der Waals surface area contributed by atoms with Crippen LogP contribution in [0.25, 0.3) is 0 Å². The Morgan fingerprint density at radius 2 is 1.85 bits per heavy atom. The summed E-state index contributed by atoms with van der Waals surface area (Å²) in [4.78, 5) is 10.8. The van der Waals surface area contributed by atoms with Crippen LogP contribution in [0.5, 0.6) is 0 Å². The fraction of sp³-hybridized carbons (Fsp3) is 0.800. The Morgan fingerprint density at radius 1 is 1.38 bits per heavy atom. The van der Waals surface area contributed by atoms with Gasteiger partial charge in [-0.2, -0.15) is 12.6 Å². The van der Waals surface area contributed by atoms with Crippen molar-refractivity contribution in [2.45, 2.75) is 26.4 Å². The Labute approximate surface area is 79.6 Å². The van der Waals surface area contributed by atoms with Crippen LogP contribution in [0.3, 0.4) is 0 Å². The van der Waals surface area contributed by atoms with Crippen LogP contribution >= 0.6 is 0 Å². The molecule has 8 heteroatoms. The predicted octanol–water partition coefficient (Wildman–Crippen LogP) is 0.648. The number of nitrogens with zero attached hydrogens (tertiary/aromatic N) is 1. The first-order valence-electron chi connectivity index (χ1n) is 3.18. The molecule has 0 aromatic rings. The number of hydrogen-bond acceptors (Lipinski definition) is 5. The topological polar surface area (TPSA) is 89.9 Å². The first-order chi connectivity index (χ1) is 5.69.